The maximum absolute atomic E-state index is 14.0. The first-order chi connectivity index (χ1) is 19.0. The minimum absolute atomic E-state index is 0.248. The van der Waals surface area contributed by atoms with Gasteiger partial charge in [0.05, 0.1) is 23.4 Å². The molecule has 0 saturated heterocycles. The van der Waals surface area contributed by atoms with Gasteiger partial charge in [0.25, 0.3) is 0 Å². The van der Waals surface area contributed by atoms with Crippen LogP contribution in [0.25, 0.3) is 22.2 Å². The molecule has 210 valence electrons. The van der Waals surface area contributed by atoms with Crippen molar-refractivity contribution in [1.82, 2.24) is 9.55 Å². The van der Waals surface area contributed by atoms with Crippen molar-refractivity contribution in [2.75, 3.05) is 25.6 Å². The molecule has 1 atom stereocenters. The lowest BCUT2D eigenvalue weighted by atomic mass is 9.91. The van der Waals surface area contributed by atoms with Gasteiger partial charge in [-0.15, -0.1) is 0 Å². The van der Waals surface area contributed by atoms with Gasteiger partial charge in [-0.05, 0) is 63.6 Å². The van der Waals surface area contributed by atoms with Gasteiger partial charge in [0.1, 0.15) is 18.0 Å². The topological polar surface area (TPSA) is 74.6 Å². The fourth-order valence-corrected chi connectivity index (χ4v) is 5.28. The zero-order valence-corrected chi connectivity index (χ0v) is 23.7. The number of hydrogen-bond donors (Lipinski definition) is 1. The second-order valence-corrected chi connectivity index (χ2v) is 11.0. The van der Waals surface area contributed by atoms with E-state index in [1.54, 1.807) is 6.92 Å². The van der Waals surface area contributed by atoms with Crippen LogP contribution in [0.5, 0.6) is 5.75 Å². The second-order valence-electron chi connectivity index (χ2n) is 10.6. The smallest absolute Gasteiger partial charge is 0.339 e. The summed E-state index contributed by atoms with van der Waals surface area (Å²) in [5.74, 6) is -1.77. The molecule has 40 heavy (non-hydrogen) atoms. The molecule has 4 aromatic rings. The third-order valence-corrected chi connectivity index (χ3v) is 7.05. The number of carbonyl (C=O) groups is 1. The molecule has 2 aromatic heterocycles. The van der Waals surface area contributed by atoms with E-state index in [0.717, 1.165) is 6.07 Å². The van der Waals surface area contributed by atoms with E-state index in [-0.39, 0.29) is 6.54 Å². The first-order valence-electron chi connectivity index (χ1n) is 12.9. The van der Waals surface area contributed by atoms with Crippen LogP contribution in [0.15, 0.2) is 42.6 Å². The third kappa shape index (κ3) is 5.23. The van der Waals surface area contributed by atoms with E-state index in [1.165, 1.54) is 19.2 Å². The Morgan fingerprint density at radius 1 is 1.20 bits per heavy atom. The average Bonchev–Trinajstić information content (AvgIpc) is 3.30. The van der Waals surface area contributed by atoms with Crippen molar-refractivity contribution in [3.63, 3.8) is 0 Å². The van der Waals surface area contributed by atoms with Gasteiger partial charge in [0, 0.05) is 47.1 Å². The molecule has 1 aliphatic rings. The fraction of sp³-hybridized carbons (Fsp3) is 0.333. The monoisotopic (exact) mass is 569 g/mol. The van der Waals surface area contributed by atoms with Crippen molar-refractivity contribution in [2.45, 2.75) is 45.9 Å². The third-order valence-electron chi connectivity index (χ3n) is 6.66. The maximum Gasteiger partial charge on any atom is 0.339 e. The summed E-state index contributed by atoms with van der Waals surface area (Å²) < 4.78 is 46.5. The predicted molar refractivity (Wildman–Crippen MR) is 150 cm³/mol. The second kappa shape index (κ2) is 10.7. The van der Waals surface area contributed by atoms with Crippen LogP contribution in [-0.4, -0.2) is 41.4 Å². The summed E-state index contributed by atoms with van der Waals surface area (Å²) >= 11 is 7.00. The molecule has 0 aliphatic carbocycles. The Balaban J connectivity index is 1.77. The number of nitrogens with one attached hydrogen (secondary N) is 1. The molecule has 0 spiro atoms. The highest BCUT2D eigenvalue weighted by Gasteiger charge is 2.34. The summed E-state index contributed by atoms with van der Waals surface area (Å²) in [6.45, 7) is 8.72. The largest absolute Gasteiger partial charge is 0.490 e. The number of ether oxygens (including phenoxy) is 3. The molecule has 0 radical (unpaired) electrons. The quantitative estimate of drug-likeness (QED) is 0.257. The number of nitrogens with zero attached hydrogens (tertiary/aromatic N) is 2. The Hall–Kier alpha value is -3.69. The van der Waals surface area contributed by atoms with Gasteiger partial charge in [-0.2, -0.15) is 0 Å². The number of benzene rings is 2. The van der Waals surface area contributed by atoms with Crippen molar-refractivity contribution in [3.8, 4) is 16.9 Å². The number of anilines is 1. The first-order valence-corrected chi connectivity index (χ1v) is 13.2. The lowest BCUT2D eigenvalue weighted by molar-refractivity contribution is -0.164. The number of rotatable bonds is 6. The fourth-order valence-electron chi connectivity index (χ4n) is 4.96. The van der Waals surface area contributed by atoms with E-state index in [2.05, 4.69) is 5.32 Å². The van der Waals surface area contributed by atoms with Crippen molar-refractivity contribution in [2.24, 2.45) is 0 Å². The summed E-state index contributed by atoms with van der Waals surface area (Å²) in [5, 5.41) is 4.44. The molecule has 0 fully saturated rings. The summed E-state index contributed by atoms with van der Waals surface area (Å²) in [6, 6.07) is 9.35. The van der Waals surface area contributed by atoms with Crippen LogP contribution in [0.4, 0.5) is 14.5 Å². The number of methoxy groups -OCH3 is 1. The number of halogens is 3. The number of pyridine rings is 1. The summed E-state index contributed by atoms with van der Waals surface area (Å²) in [5.41, 5.74) is 3.49. The molecular weight excluding hydrogens is 540 g/mol. The Bertz CT molecular complexity index is 1610. The molecule has 2 aromatic carbocycles. The van der Waals surface area contributed by atoms with E-state index in [1.807, 2.05) is 49.7 Å². The van der Waals surface area contributed by atoms with E-state index in [4.69, 9.17) is 30.8 Å². The van der Waals surface area contributed by atoms with Gasteiger partial charge in [-0.3, -0.25) is 0 Å². The normalized spacial score (nSPS) is 13.9. The Morgan fingerprint density at radius 3 is 2.67 bits per heavy atom. The van der Waals surface area contributed by atoms with Crippen LogP contribution in [0, 0.1) is 18.6 Å². The number of carbonyl (C=O) groups excluding carboxylic acids is 1. The van der Waals surface area contributed by atoms with E-state index in [0.29, 0.717) is 68.6 Å². The van der Waals surface area contributed by atoms with Crippen molar-refractivity contribution < 1.29 is 27.8 Å². The molecule has 0 saturated carbocycles. The lowest BCUT2D eigenvalue weighted by Gasteiger charge is -2.29. The Morgan fingerprint density at radius 2 is 1.98 bits per heavy atom. The van der Waals surface area contributed by atoms with Crippen LogP contribution in [0.1, 0.15) is 43.7 Å². The summed E-state index contributed by atoms with van der Waals surface area (Å²) in [7, 11) is 1.31. The molecule has 1 aliphatic heterocycles. The minimum Gasteiger partial charge on any atom is -0.490 e. The van der Waals surface area contributed by atoms with E-state index in [9.17, 15) is 13.6 Å². The van der Waals surface area contributed by atoms with Gasteiger partial charge < -0.3 is 24.1 Å². The molecule has 5 rings (SSSR count). The van der Waals surface area contributed by atoms with Gasteiger partial charge in [0.15, 0.2) is 17.7 Å². The van der Waals surface area contributed by atoms with Crippen LogP contribution >= 0.6 is 11.6 Å². The number of hydrogen-bond acceptors (Lipinski definition) is 6. The van der Waals surface area contributed by atoms with Crippen LogP contribution in [-0.2, 0) is 20.8 Å². The molecule has 0 amide bonds. The van der Waals surface area contributed by atoms with Gasteiger partial charge in [-0.1, -0.05) is 17.7 Å². The van der Waals surface area contributed by atoms with Gasteiger partial charge >= 0.3 is 5.97 Å². The predicted octanol–water partition coefficient (Wildman–Crippen LogP) is 6.83. The average molecular weight is 570 g/mol. The summed E-state index contributed by atoms with van der Waals surface area (Å²) in [6.07, 6.45) is 0.722. The number of fused-ring (bicyclic) bond motifs is 2. The number of aryl methyl sites for hydroxylation is 1. The molecule has 1 unspecified atom stereocenters. The van der Waals surface area contributed by atoms with Crippen molar-refractivity contribution in [1.29, 1.82) is 0 Å². The highest BCUT2D eigenvalue weighted by molar-refractivity contribution is 6.37. The highest BCUT2D eigenvalue weighted by atomic mass is 35.5. The maximum atomic E-state index is 14.0. The summed E-state index contributed by atoms with van der Waals surface area (Å²) in [4.78, 5) is 18.0. The standard InChI is InChI=1S/C30H30ClF2N3O4/c1-16-23(27(29(37)38-5)40-30(2,3)4)24(18-7-9-22-26(25(18)31)34-11-13-39-22)19-10-12-36(28(19)35-16)15-17-6-8-20(32)21(33)14-17/h6-10,12,14,27,34H,11,13,15H2,1-5H3. The van der Waals surface area contributed by atoms with Gasteiger partial charge in [0.2, 0.25) is 0 Å². The minimum atomic E-state index is -1.09. The molecule has 0 bridgehead atoms. The lowest BCUT2D eigenvalue weighted by Crippen LogP contribution is -2.29. The van der Waals surface area contributed by atoms with E-state index >= 15 is 0 Å². The van der Waals surface area contributed by atoms with Crippen molar-refractivity contribution >= 4 is 34.3 Å². The van der Waals surface area contributed by atoms with Crippen LogP contribution in [0.2, 0.25) is 5.02 Å². The Kier molecular flexibility index (Phi) is 7.46. The molecule has 1 N–H and O–H groups in total. The number of aromatic nitrogens is 2. The first kappa shape index (κ1) is 27.9. The molecule has 10 heteroatoms. The molecular formula is C30H30ClF2N3O4. The van der Waals surface area contributed by atoms with E-state index < -0.39 is 29.3 Å². The Labute approximate surface area is 236 Å². The van der Waals surface area contributed by atoms with Crippen LogP contribution < -0.4 is 10.1 Å². The SMILES string of the molecule is COC(=O)C(OC(C)(C)C)c1c(C)nc2c(ccn2Cc2ccc(F)c(F)c2)c1-c1ccc2c(c1Cl)NCCO2. The van der Waals surface area contributed by atoms with Crippen molar-refractivity contribution in [3.05, 3.63) is 76.1 Å². The highest BCUT2D eigenvalue weighted by Crippen LogP contribution is 2.47. The zero-order chi connectivity index (χ0) is 28.8. The molecule has 3 heterocycles. The van der Waals surface area contributed by atoms with Crippen LogP contribution in [0.3, 0.4) is 0 Å². The molecule has 7 nitrogen and oxygen atoms in total. The number of esters is 1. The zero-order valence-electron chi connectivity index (χ0n) is 22.9. The van der Waals surface area contributed by atoms with Gasteiger partial charge in [-0.25, -0.2) is 18.6 Å².